The number of halogens is 1. The first-order chi connectivity index (χ1) is 9.84. The number of nitrogens with zero attached hydrogens (tertiary/aromatic N) is 1. The highest BCUT2D eigenvalue weighted by Gasteiger charge is 2.03. The molecular weight excluding hydrogens is 304 g/mol. The average Bonchev–Trinajstić information content (AvgIpc) is 2.39. The van der Waals surface area contributed by atoms with Crippen LogP contribution in [-0.2, 0) is 0 Å². The topological polar surface area (TPSA) is 160 Å². The van der Waals surface area contributed by atoms with E-state index in [-0.39, 0.29) is 6.03 Å². The predicted molar refractivity (Wildman–Crippen MR) is 59.9 cm³/mol. The fourth-order valence-corrected chi connectivity index (χ4v) is 1.20. The molecule has 2 heterocycles. The van der Waals surface area contributed by atoms with Crippen LogP contribution in [0.5, 0.6) is 0 Å². The van der Waals surface area contributed by atoms with Crippen molar-refractivity contribution in [3.63, 3.8) is 0 Å². The van der Waals surface area contributed by atoms with Crippen molar-refractivity contribution in [1.82, 2.24) is 4.98 Å². The smallest absolute Gasteiger partial charge is 0.306 e. The van der Waals surface area contributed by atoms with E-state index in [9.17, 15) is 4.79 Å². The summed E-state index contributed by atoms with van der Waals surface area (Å²) in [5.74, 6) is 0. The number of urea groups is 1. The van der Waals surface area contributed by atoms with E-state index in [0.29, 0.717) is 11.4 Å². The molecule has 0 aliphatic heterocycles. The Morgan fingerprint density at radius 2 is 1.71 bits per heavy atom. The van der Waals surface area contributed by atoms with E-state index in [1.807, 2.05) is 0 Å². The van der Waals surface area contributed by atoms with E-state index in [0.717, 1.165) is 0 Å². The largest absolute Gasteiger partial charge is 0.323 e. The normalized spacial score (nSPS) is 10.1. The molecule has 0 saturated heterocycles. The fraction of sp³-hybridized carbons (Fsp3) is 0. The van der Waals surface area contributed by atoms with Gasteiger partial charge in [0.2, 0.25) is 0 Å². The number of carbonyl (C=O) groups is 1. The van der Waals surface area contributed by atoms with Crippen molar-refractivity contribution in [2.45, 2.75) is 0 Å². The zero-order valence-electron chi connectivity index (χ0n) is 10.5. The van der Waals surface area contributed by atoms with Gasteiger partial charge in [-0.05, 0) is 18.2 Å². The molecule has 0 radical (unpaired) electrons. The number of rotatable bonds is 2. The highest BCUT2D eigenvalue weighted by atomic mass is 35.7. The van der Waals surface area contributed by atoms with Crippen LogP contribution in [-0.4, -0.2) is 11.0 Å². The van der Waals surface area contributed by atoms with Gasteiger partial charge in [-0.15, -0.1) is 10.2 Å². The summed E-state index contributed by atoms with van der Waals surface area (Å²) < 4.78 is 34.0. The summed E-state index contributed by atoms with van der Waals surface area (Å²) in [6.45, 7) is 0. The Morgan fingerprint density at radius 1 is 1.10 bits per heavy atom. The van der Waals surface area contributed by atoms with Crippen LogP contribution in [0.25, 0.3) is 0 Å². The molecule has 0 spiro atoms. The average molecular weight is 315 g/mol. The van der Waals surface area contributed by atoms with Gasteiger partial charge in [0, 0.05) is 12.3 Å². The van der Waals surface area contributed by atoms with E-state index in [1.54, 1.807) is 49.1 Å². The molecule has 0 aromatic carbocycles. The first-order valence-corrected chi connectivity index (χ1v) is 6.64. The molecule has 0 bridgehead atoms. The molecule has 2 aromatic heterocycles. The van der Waals surface area contributed by atoms with Crippen molar-refractivity contribution in [2.24, 2.45) is 0 Å². The second-order valence-electron chi connectivity index (χ2n) is 3.49. The molecule has 9 nitrogen and oxygen atoms in total. The van der Waals surface area contributed by atoms with Gasteiger partial charge in [-0.1, -0.05) is 0 Å². The second-order valence-corrected chi connectivity index (χ2v) is 4.25. The molecule has 0 aliphatic carbocycles. The van der Waals surface area contributed by atoms with Crippen LogP contribution >= 0.6 is 0 Å². The lowest BCUT2D eigenvalue weighted by molar-refractivity contribution is -2.00. The van der Waals surface area contributed by atoms with Gasteiger partial charge in [-0.2, -0.15) is 0 Å². The van der Waals surface area contributed by atoms with Crippen molar-refractivity contribution < 1.29 is 38.7 Å². The number of nitrogens with one attached hydrogen (secondary N) is 3. The van der Waals surface area contributed by atoms with E-state index < -0.39 is 10.2 Å². The maximum absolute atomic E-state index is 11.5. The van der Waals surface area contributed by atoms with Crippen molar-refractivity contribution in [3.05, 3.63) is 49.1 Å². The number of pyridine rings is 2. The third-order valence-electron chi connectivity index (χ3n) is 1.88. The molecule has 0 saturated carbocycles. The molecule has 0 atom stereocenters. The highest BCUT2D eigenvalue weighted by Crippen LogP contribution is 2.05. The minimum Gasteiger partial charge on any atom is -0.306 e. The molecule has 3 N–H and O–H groups in total. The number of aromatic nitrogens is 2. The zero-order chi connectivity index (χ0) is 15.7. The molecule has 0 unspecified atom stereocenters. The molecule has 2 aromatic rings. The standard InChI is InChI=1S/C11H10N4O.ClHO4/c16-11(14-9-3-1-5-12-7-9)15-10-4-2-6-13-8-10;2-1(3,4)5/h1-8H,(H2,14,15,16);(H,2,3,4,5). The fourth-order valence-electron chi connectivity index (χ4n) is 1.20. The van der Waals surface area contributed by atoms with Crippen molar-refractivity contribution in [2.75, 3.05) is 10.6 Å². The Kier molecular flexibility index (Phi) is 6.46. The van der Waals surface area contributed by atoms with Gasteiger partial charge in [-0.3, -0.25) is 4.98 Å². The summed E-state index contributed by atoms with van der Waals surface area (Å²) in [6, 6.07) is 6.82. The van der Waals surface area contributed by atoms with Gasteiger partial charge in [-0.25, -0.2) is 28.4 Å². The lowest BCUT2D eigenvalue weighted by Crippen LogP contribution is -2.68. The molecule has 0 aliphatic rings. The second kappa shape index (κ2) is 8.09. The summed E-state index contributed by atoms with van der Waals surface area (Å²) >= 11 is 0. The minimum absolute atomic E-state index is 0.299. The van der Waals surface area contributed by atoms with Gasteiger partial charge >= 0.3 is 6.03 Å². The van der Waals surface area contributed by atoms with Crippen LogP contribution in [0.3, 0.4) is 0 Å². The van der Waals surface area contributed by atoms with Gasteiger partial charge in [0.15, 0.2) is 12.4 Å². The molecule has 112 valence electrons. The van der Waals surface area contributed by atoms with Gasteiger partial charge in [0.25, 0.3) is 0 Å². The van der Waals surface area contributed by atoms with Crippen LogP contribution in [0.2, 0.25) is 0 Å². The number of anilines is 2. The van der Waals surface area contributed by atoms with Gasteiger partial charge < -0.3 is 10.6 Å². The number of carbonyl (C=O) groups excluding carboxylic acids is 1. The van der Waals surface area contributed by atoms with Crippen LogP contribution in [0.1, 0.15) is 0 Å². The third kappa shape index (κ3) is 9.27. The first kappa shape index (κ1) is 16.8. The van der Waals surface area contributed by atoms with E-state index in [4.69, 9.17) is 18.6 Å². The Bertz CT molecular complexity index is 500. The quantitative estimate of drug-likeness (QED) is 0.593. The molecule has 2 rings (SSSR count). The predicted octanol–water partition coefficient (Wildman–Crippen LogP) is -3.22. The maximum atomic E-state index is 11.5. The zero-order valence-corrected chi connectivity index (χ0v) is 11.2. The Labute approximate surface area is 121 Å². The number of hydrogen-bond acceptors (Lipinski definition) is 6. The van der Waals surface area contributed by atoms with Gasteiger partial charge in [0.1, 0.15) is 5.69 Å². The lowest BCUT2D eigenvalue weighted by atomic mass is 10.4. The van der Waals surface area contributed by atoms with Crippen molar-refractivity contribution in [3.8, 4) is 0 Å². The number of aromatic amines is 1. The SMILES string of the molecule is O=C(Nc1cccnc1)Nc1ccc[nH+]c1.[O-][Cl+3]([O-])([O-])[O-]. The van der Waals surface area contributed by atoms with Crippen LogP contribution in [0, 0.1) is 10.2 Å². The molecule has 0 fully saturated rings. The maximum Gasteiger partial charge on any atom is 0.323 e. The molecular formula is C11H11ClN4O5. The summed E-state index contributed by atoms with van der Waals surface area (Å²) in [6.07, 6.45) is 6.69. The third-order valence-corrected chi connectivity index (χ3v) is 1.88. The Hall–Kier alpha value is -2.30. The summed E-state index contributed by atoms with van der Waals surface area (Å²) in [7, 11) is -4.94. The Morgan fingerprint density at radius 3 is 2.24 bits per heavy atom. The van der Waals surface area contributed by atoms with Crippen molar-refractivity contribution >= 4 is 17.4 Å². The molecule has 2 amide bonds. The molecule has 21 heavy (non-hydrogen) atoms. The van der Waals surface area contributed by atoms with Crippen molar-refractivity contribution in [1.29, 1.82) is 0 Å². The summed E-state index contributed by atoms with van der Waals surface area (Å²) in [4.78, 5) is 18.3. The van der Waals surface area contributed by atoms with Crippen LogP contribution in [0.4, 0.5) is 16.2 Å². The molecule has 10 heteroatoms. The van der Waals surface area contributed by atoms with Gasteiger partial charge in [0.05, 0.1) is 11.9 Å². The highest BCUT2D eigenvalue weighted by molar-refractivity contribution is 5.99. The monoisotopic (exact) mass is 314 g/mol. The number of amides is 2. The van der Waals surface area contributed by atoms with Crippen LogP contribution in [0.15, 0.2) is 49.1 Å². The minimum atomic E-state index is -4.94. The van der Waals surface area contributed by atoms with E-state index >= 15 is 0 Å². The van der Waals surface area contributed by atoms with Crippen LogP contribution < -0.4 is 34.3 Å². The summed E-state index contributed by atoms with van der Waals surface area (Å²) in [5.41, 5.74) is 1.35. The Balaban J connectivity index is 0.000000383. The van der Waals surface area contributed by atoms with E-state index in [1.165, 1.54) is 0 Å². The van der Waals surface area contributed by atoms with E-state index in [2.05, 4.69) is 20.6 Å². The number of hydrogen-bond donors (Lipinski definition) is 2. The first-order valence-electron chi connectivity index (χ1n) is 5.40. The summed E-state index contributed by atoms with van der Waals surface area (Å²) in [5, 5.41) is 5.35. The lowest BCUT2D eigenvalue weighted by Gasteiger charge is -2.17. The number of H-pyrrole nitrogens is 1.